The highest BCUT2D eigenvalue weighted by atomic mass is 16.6. The van der Waals surface area contributed by atoms with Crippen molar-refractivity contribution in [1.82, 2.24) is 9.55 Å². The van der Waals surface area contributed by atoms with Crippen molar-refractivity contribution in [2.45, 2.75) is 63.5 Å². The van der Waals surface area contributed by atoms with Gasteiger partial charge in [-0.3, -0.25) is 4.84 Å². The molecule has 7 heteroatoms. The predicted molar refractivity (Wildman–Crippen MR) is 104 cm³/mol. The van der Waals surface area contributed by atoms with Crippen LogP contribution >= 0.6 is 0 Å². The van der Waals surface area contributed by atoms with E-state index in [0.717, 1.165) is 25.0 Å². The van der Waals surface area contributed by atoms with Crippen molar-refractivity contribution in [2.24, 2.45) is 11.8 Å². The number of aromatic nitrogens is 2. The molecule has 1 aliphatic carbocycles. The van der Waals surface area contributed by atoms with E-state index in [1.54, 1.807) is 12.5 Å². The number of carboxylic acids is 1. The van der Waals surface area contributed by atoms with E-state index in [4.69, 9.17) is 15.4 Å². The molecule has 2 aromatic rings. The summed E-state index contributed by atoms with van der Waals surface area (Å²) in [6, 6.07) is 3.99. The standard InChI is InChI=1S/C21H29N3O4/c22-28-20(21(25)26)10-4-9-18(16-6-2-1-3-7-16)19(24-12-11-23-15-24)14-17-8-5-13-27-17/h5,8-9,11-13,15-16,19-20H,1-4,6-7,10,14,22H2,(H,25,26). The van der Waals surface area contributed by atoms with Gasteiger partial charge in [-0.2, -0.15) is 0 Å². The monoisotopic (exact) mass is 387 g/mol. The van der Waals surface area contributed by atoms with E-state index in [1.165, 1.54) is 24.8 Å². The zero-order chi connectivity index (χ0) is 19.8. The van der Waals surface area contributed by atoms with Crippen molar-refractivity contribution >= 4 is 5.97 Å². The zero-order valence-electron chi connectivity index (χ0n) is 16.1. The largest absolute Gasteiger partial charge is 0.479 e. The lowest BCUT2D eigenvalue weighted by atomic mass is 9.79. The maximum absolute atomic E-state index is 11.2. The van der Waals surface area contributed by atoms with Crippen LogP contribution in [0.5, 0.6) is 0 Å². The molecule has 0 spiro atoms. The van der Waals surface area contributed by atoms with E-state index in [9.17, 15) is 4.79 Å². The van der Waals surface area contributed by atoms with Crippen LogP contribution in [0.3, 0.4) is 0 Å². The second-order valence-corrected chi connectivity index (χ2v) is 7.39. The summed E-state index contributed by atoms with van der Waals surface area (Å²) in [5.74, 6) is 5.51. The Kier molecular flexibility index (Phi) is 7.45. The number of hydrogen-bond acceptors (Lipinski definition) is 5. The van der Waals surface area contributed by atoms with E-state index in [-0.39, 0.29) is 6.04 Å². The van der Waals surface area contributed by atoms with Gasteiger partial charge < -0.3 is 14.1 Å². The van der Waals surface area contributed by atoms with Gasteiger partial charge in [-0.05, 0) is 49.3 Å². The Bertz CT molecular complexity index is 734. The molecule has 152 valence electrons. The van der Waals surface area contributed by atoms with Gasteiger partial charge in [0.05, 0.1) is 18.6 Å². The molecular weight excluding hydrogens is 358 g/mol. The Morgan fingerprint density at radius 3 is 2.86 bits per heavy atom. The van der Waals surface area contributed by atoms with Crippen LogP contribution in [0.25, 0.3) is 0 Å². The summed E-state index contributed by atoms with van der Waals surface area (Å²) < 4.78 is 7.74. The number of allylic oxidation sites excluding steroid dienone is 2. The molecular formula is C21H29N3O4. The van der Waals surface area contributed by atoms with Gasteiger partial charge in [0.1, 0.15) is 5.76 Å². The van der Waals surface area contributed by atoms with Gasteiger partial charge in [0.2, 0.25) is 0 Å². The number of furan rings is 1. The highest BCUT2D eigenvalue weighted by Gasteiger charge is 2.27. The summed E-state index contributed by atoms with van der Waals surface area (Å²) in [7, 11) is 0. The fraction of sp³-hybridized carbons (Fsp3) is 0.524. The predicted octanol–water partition coefficient (Wildman–Crippen LogP) is 3.89. The maximum Gasteiger partial charge on any atom is 0.334 e. The lowest BCUT2D eigenvalue weighted by molar-refractivity contribution is -0.151. The minimum Gasteiger partial charge on any atom is -0.479 e. The Hall–Kier alpha value is -2.38. The third kappa shape index (κ3) is 5.33. The second kappa shape index (κ2) is 10.2. The molecule has 7 nitrogen and oxygen atoms in total. The Morgan fingerprint density at radius 2 is 2.25 bits per heavy atom. The molecule has 3 N–H and O–H groups in total. The molecule has 3 rings (SSSR count). The fourth-order valence-corrected chi connectivity index (χ4v) is 4.13. The molecule has 0 amide bonds. The number of rotatable bonds is 10. The van der Waals surface area contributed by atoms with Gasteiger partial charge in [0.25, 0.3) is 0 Å². The molecule has 2 atom stereocenters. The van der Waals surface area contributed by atoms with Gasteiger partial charge in [-0.1, -0.05) is 25.3 Å². The molecule has 0 aromatic carbocycles. The zero-order valence-corrected chi connectivity index (χ0v) is 16.1. The Labute approximate surface area is 165 Å². The van der Waals surface area contributed by atoms with E-state index in [1.807, 2.05) is 24.7 Å². The maximum atomic E-state index is 11.2. The number of hydrogen-bond donors (Lipinski definition) is 2. The lowest BCUT2D eigenvalue weighted by Gasteiger charge is -2.31. The first-order valence-corrected chi connectivity index (χ1v) is 9.97. The summed E-state index contributed by atoms with van der Waals surface area (Å²) in [6.45, 7) is 0. The summed E-state index contributed by atoms with van der Waals surface area (Å²) >= 11 is 0. The second-order valence-electron chi connectivity index (χ2n) is 7.39. The fourth-order valence-electron chi connectivity index (χ4n) is 4.13. The molecule has 1 aliphatic rings. The molecule has 1 fully saturated rings. The van der Waals surface area contributed by atoms with Crippen LogP contribution in [0.1, 0.15) is 56.7 Å². The summed E-state index contributed by atoms with van der Waals surface area (Å²) in [5, 5.41) is 9.17. The van der Waals surface area contributed by atoms with Crippen molar-refractivity contribution < 1.29 is 19.2 Å². The van der Waals surface area contributed by atoms with Crippen molar-refractivity contribution in [3.05, 3.63) is 54.5 Å². The van der Waals surface area contributed by atoms with Crippen molar-refractivity contribution in [3.8, 4) is 0 Å². The van der Waals surface area contributed by atoms with E-state index in [2.05, 4.69) is 20.5 Å². The first kappa shape index (κ1) is 20.4. The lowest BCUT2D eigenvalue weighted by Crippen LogP contribution is -2.27. The first-order valence-electron chi connectivity index (χ1n) is 9.97. The number of aliphatic carboxylic acids is 1. The molecule has 0 aliphatic heterocycles. The number of nitrogens with two attached hydrogens (primary N) is 1. The molecule has 0 radical (unpaired) electrons. The molecule has 2 aromatic heterocycles. The van der Waals surface area contributed by atoms with Crippen molar-refractivity contribution in [1.29, 1.82) is 0 Å². The molecule has 0 saturated heterocycles. The van der Waals surface area contributed by atoms with Crippen LogP contribution in [-0.4, -0.2) is 26.7 Å². The summed E-state index contributed by atoms with van der Waals surface area (Å²) in [4.78, 5) is 20.0. The molecule has 2 unspecified atom stereocenters. The van der Waals surface area contributed by atoms with Gasteiger partial charge in [0.15, 0.2) is 6.10 Å². The quantitative estimate of drug-likeness (QED) is 0.473. The van der Waals surface area contributed by atoms with Crippen LogP contribution in [0, 0.1) is 5.92 Å². The Balaban J connectivity index is 1.85. The van der Waals surface area contributed by atoms with Crippen LogP contribution in [0.4, 0.5) is 0 Å². The smallest absolute Gasteiger partial charge is 0.334 e. The van der Waals surface area contributed by atoms with Crippen molar-refractivity contribution in [2.75, 3.05) is 0 Å². The van der Waals surface area contributed by atoms with Crippen LogP contribution in [0.15, 0.2) is 53.2 Å². The topological polar surface area (TPSA) is 104 Å². The molecule has 2 heterocycles. The number of nitrogens with zero attached hydrogens (tertiary/aromatic N) is 2. The van der Waals surface area contributed by atoms with Gasteiger partial charge >= 0.3 is 5.97 Å². The summed E-state index contributed by atoms with van der Waals surface area (Å²) in [5.41, 5.74) is 1.33. The number of imidazole rings is 1. The van der Waals surface area contributed by atoms with Crippen molar-refractivity contribution in [3.63, 3.8) is 0 Å². The average molecular weight is 387 g/mol. The van der Waals surface area contributed by atoms with Gasteiger partial charge in [0, 0.05) is 18.8 Å². The van der Waals surface area contributed by atoms with E-state index in [0.29, 0.717) is 18.8 Å². The highest BCUT2D eigenvalue weighted by molar-refractivity contribution is 5.72. The first-order chi connectivity index (χ1) is 13.7. The average Bonchev–Trinajstić information content (AvgIpc) is 3.41. The Morgan fingerprint density at radius 1 is 1.43 bits per heavy atom. The third-order valence-corrected chi connectivity index (χ3v) is 5.57. The minimum atomic E-state index is -1.03. The third-order valence-electron chi connectivity index (χ3n) is 5.57. The number of carbonyl (C=O) groups is 1. The molecule has 0 bridgehead atoms. The van der Waals surface area contributed by atoms with Crippen LogP contribution < -0.4 is 5.90 Å². The molecule has 28 heavy (non-hydrogen) atoms. The molecule has 1 saturated carbocycles. The van der Waals surface area contributed by atoms with E-state index >= 15 is 0 Å². The minimum absolute atomic E-state index is 0.0961. The summed E-state index contributed by atoms with van der Waals surface area (Å²) in [6.07, 6.45) is 16.2. The van der Waals surface area contributed by atoms with Crippen LogP contribution in [-0.2, 0) is 16.1 Å². The van der Waals surface area contributed by atoms with Gasteiger partial charge in [-0.25, -0.2) is 15.7 Å². The highest BCUT2D eigenvalue weighted by Crippen LogP contribution is 2.37. The number of carboxylic acid groups (broad SMARTS) is 1. The normalized spacial score (nSPS) is 18.1. The van der Waals surface area contributed by atoms with E-state index < -0.39 is 12.1 Å². The van der Waals surface area contributed by atoms with Crippen LogP contribution in [0.2, 0.25) is 0 Å². The SMILES string of the molecule is NOC(CCC=C(C1CCCCC1)C(Cc1ccco1)n1ccnc1)C(=O)O. The van der Waals surface area contributed by atoms with Gasteiger partial charge in [-0.15, -0.1) is 0 Å².